The molecule has 18 nitrogen and oxygen atoms in total. The highest BCUT2D eigenvalue weighted by atomic mass is 19.3. The molecule has 5 saturated heterocycles. The average molecular weight is 868 g/mol. The number of piperidine rings is 3. The van der Waals surface area contributed by atoms with Crippen molar-refractivity contribution in [3.63, 3.8) is 0 Å². The number of oxazole rings is 1. The van der Waals surface area contributed by atoms with E-state index >= 15 is 0 Å². The lowest BCUT2D eigenvalue weighted by Gasteiger charge is -2.37. The number of likely N-dealkylation sites (tertiary alicyclic amines) is 1. The number of ether oxygens (including phenoxy) is 2. The molecule has 3 amide bonds. The monoisotopic (exact) mass is 867 g/mol. The average Bonchev–Trinajstić information content (AvgIpc) is 4.13. The van der Waals surface area contributed by atoms with Gasteiger partial charge in [-0.3, -0.25) is 34.2 Å². The van der Waals surface area contributed by atoms with Crippen LogP contribution in [0.5, 0.6) is 0 Å². The lowest BCUT2D eigenvalue weighted by atomic mass is 9.95. The maximum absolute atomic E-state index is 14.2. The summed E-state index contributed by atoms with van der Waals surface area (Å²) in [4.78, 5) is 66.3. The number of carbonyl (C=O) groups excluding carboxylic acids is 3. The van der Waals surface area contributed by atoms with E-state index < -0.39 is 35.9 Å². The first-order valence-corrected chi connectivity index (χ1v) is 21.5. The number of amides is 3. The number of carbonyl (C=O) groups is 3. The smallest absolute Gasteiger partial charge is 0.329 e. The minimum atomic E-state index is -2.96. The van der Waals surface area contributed by atoms with Crippen molar-refractivity contribution in [1.82, 2.24) is 38.9 Å². The molecule has 1 unspecified atom stereocenters. The van der Waals surface area contributed by atoms with Crippen molar-refractivity contribution in [3.05, 3.63) is 64.0 Å². The number of imide groups is 1. The molecule has 1 aromatic carbocycles. The Balaban J connectivity index is 0.700. The second-order valence-corrected chi connectivity index (χ2v) is 17.0. The molecule has 5 aliphatic heterocycles. The fourth-order valence-electron chi connectivity index (χ4n) is 9.71. The molecule has 4 aromatic heterocycles. The summed E-state index contributed by atoms with van der Waals surface area (Å²) in [6.07, 6.45) is 5.10. The number of fused-ring (bicyclic) bond motifs is 4. The number of anilines is 3. The molecule has 9 heterocycles. The van der Waals surface area contributed by atoms with E-state index in [1.165, 1.54) is 19.8 Å². The van der Waals surface area contributed by atoms with Crippen LogP contribution in [0.25, 0.3) is 16.7 Å². The number of para-hydroxylation sites is 1. The van der Waals surface area contributed by atoms with Crippen LogP contribution in [0.3, 0.4) is 0 Å². The highest BCUT2D eigenvalue weighted by molar-refractivity contribution is 6.08. The Morgan fingerprint density at radius 3 is 2.63 bits per heavy atom. The molecule has 2 N–H and O–H groups in total. The third-order valence-corrected chi connectivity index (χ3v) is 13.0. The van der Waals surface area contributed by atoms with E-state index in [1.807, 2.05) is 17.0 Å². The predicted octanol–water partition coefficient (Wildman–Crippen LogP) is 3.26. The second kappa shape index (κ2) is 16.8. The van der Waals surface area contributed by atoms with Crippen LogP contribution in [0.4, 0.5) is 26.5 Å². The van der Waals surface area contributed by atoms with E-state index in [0.717, 1.165) is 51.7 Å². The van der Waals surface area contributed by atoms with Gasteiger partial charge < -0.3 is 28.6 Å². The summed E-state index contributed by atoms with van der Waals surface area (Å²) in [5.41, 5.74) is 1.33. The van der Waals surface area contributed by atoms with Gasteiger partial charge in [-0.25, -0.2) is 23.1 Å². The molecule has 10 rings (SSSR count). The van der Waals surface area contributed by atoms with Crippen LogP contribution < -0.4 is 26.1 Å². The number of benzene rings is 1. The minimum absolute atomic E-state index is 0.0538. The summed E-state index contributed by atoms with van der Waals surface area (Å²) in [7, 11) is 1.65. The molecule has 0 spiro atoms. The van der Waals surface area contributed by atoms with Gasteiger partial charge in [-0.15, -0.1) is 0 Å². The molecule has 2 bridgehead atoms. The number of aryl methyl sites for hydroxylation is 1. The van der Waals surface area contributed by atoms with Gasteiger partial charge in [0.1, 0.15) is 24.0 Å². The third-order valence-electron chi connectivity index (χ3n) is 13.0. The highest BCUT2D eigenvalue weighted by Gasteiger charge is 2.40. The molecule has 0 radical (unpaired) electrons. The first-order chi connectivity index (χ1) is 30.6. The predicted molar refractivity (Wildman–Crippen MR) is 224 cm³/mol. The number of rotatable bonds is 10. The summed E-state index contributed by atoms with van der Waals surface area (Å²) < 4.78 is 50.5. The molecular formula is C43H47F2N11O7. The van der Waals surface area contributed by atoms with Gasteiger partial charge in [0.05, 0.1) is 47.7 Å². The van der Waals surface area contributed by atoms with Crippen LogP contribution in [-0.4, -0.2) is 122 Å². The molecular weight excluding hydrogens is 821 g/mol. The van der Waals surface area contributed by atoms with E-state index in [-0.39, 0.29) is 60.9 Å². The van der Waals surface area contributed by atoms with Crippen molar-refractivity contribution in [2.75, 3.05) is 67.6 Å². The Morgan fingerprint density at radius 2 is 1.89 bits per heavy atom. The zero-order valence-electron chi connectivity index (χ0n) is 34.7. The summed E-state index contributed by atoms with van der Waals surface area (Å²) >= 11 is 0. The molecule has 5 aromatic rings. The minimum Gasteiger partial charge on any atom is -0.406 e. The lowest BCUT2D eigenvalue weighted by molar-refractivity contribution is -0.135. The Bertz CT molecular complexity index is 2700. The van der Waals surface area contributed by atoms with Gasteiger partial charge in [0.2, 0.25) is 17.7 Å². The van der Waals surface area contributed by atoms with Crippen LogP contribution >= 0.6 is 0 Å². The van der Waals surface area contributed by atoms with Crippen molar-refractivity contribution >= 4 is 52.1 Å². The normalized spacial score (nSPS) is 22.4. The van der Waals surface area contributed by atoms with Gasteiger partial charge in [0.25, 0.3) is 18.3 Å². The summed E-state index contributed by atoms with van der Waals surface area (Å²) in [5, 5.41) is 9.10. The van der Waals surface area contributed by atoms with Gasteiger partial charge in [0.15, 0.2) is 11.3 Å². The van der Waals surface area contributed by atoms with Crippen LogP contribution in [0, 0.1) is 17.8 Å². The fourth-order valence-corrected chi connectivity index (χ4v) is 9.71. The summed E-state index contributed by atoms with van der Waals surface area (Å²) in [5.74, 6) is 5.50. The first kappa shape index (κ1) is 40.9. The van der Waals surface area contributed by atoms with Crippen LogP contribution in [0.15, 0.2) is 45.9 Å². The van der Waals surface area contributed by atoms with Crippen molar-refractivity contribution in [2.45, 2.75) is 75.7 Å². The number of imidazole rings is 1. The van der Waals surface area contributed by atoms with Crippen molar-refractivity contribution in [2.24, 2.45) is 13.0 Å². The summed E-state index contributed by atoms with van der Waals surface area (Å²) in [6, 6.07) is 6.77. The van der Waals surface area contributed by atoms with Crippen LogP contribution in [-0.2, 0) is 26.1 Å². The second-order valence-electron chi connectivity index (χ2n) is 17.0. The molecule has 5 aliphatic rings. The zero-order valence-corrected chi connectivity index (χ0v) is 34.7. The van der Waals surface area contributed by atoms with Gasteiger partial charge in [-0.1, -0.05) is 17.9 Å². The van der Waals surface area contributed by atoms with Crippen LogP contribution in [0.1, 0.15) is 79.0 Å². The molecule has 5 fully saturated rings. The Labute approximate surface area is 359 Å². The number of halogens is 2. The van der Waals surface area contributed by atoms with Crippen molar-refractivity contribution in [1.29, 1.82) is 0 Å². The molecule has 3 atom stereocenters. The van der Waals surface area contributed by atoms with E-state index in [2.05, 4.69) is 42.4 Å². The number of nitrogens with zero attached hydrogens (tertiary/aromatic N) is 9. The zero-order chi connectivity index (χ0) is 43.4. The van der Waals surface area contributed by atoms with Crippen LogP contribution in [0.2, 0.25) is 0 Å². The Morgan fingerprint density at radius 1 is 1.06 bits per heavy atom. The number of hydrogen-bond donors (Lipinski definition) is 2. The number of alkyl halides is 2. The van der Waals surface area contributed by atoms with Gasteiger partial charge >= 0.3 is 5.69 Å². The molecule has 0 saturated carbocycles. The molecule has 63 heavy (non-hydrogen) atoms. The fraction of sp³-hybridized carbons (Fsp3) is 0.512. The standard InChI is InChI=1S/C43H47F2N11O7/c1-51-36-26(4-2-6-31(36)56(43(51)60)32-7-8-34(57)48-40(32)59)5-3-19-61-28-11-14-52(15-12-28)22-25-9-16-53(17-10-25)42-49-35(37(44)45)41(63-42)50-39(58)30-21-46-55-18-13-33(47-38(30)55)54-23-29-20-27(54)24-62-29/h2,4,6,13,18,21,25,27-29,32,37H,7-12,14-17,19-20,22-24H2,1H3,(H,50,58)(H,48,57,59)/t27-,29-,32?/m1/s1. The number of morpholine rings is 1. The highest BCUT2D eigenvalue weighted by Crippen LogP contribution is 2.35. The van der Waals surface area contributed by atoms with Crippen molar-refractivity contribution in [3.8, 4) is 11.8 Å². The van der Waals surface area contributed by atoms with Gasteiger partial charge in [-0.05, 0) is 62.6 Å². The van der Waals surface area contributed by atoms with Gasteiger partial charge in [-0.2, -0.15) is 10.1 Å². The molecule has 20 heteroatoms. The Kier molecular flexibility index (Phi) is 10.9. The van der Waals surface area contributed by atoms with Crippen molar-refractivity contribution < 1.29 is 37.1 Å². The topological polar surface area (TPSA) is 187 Å². The number of hydrogen-bond acceptors (Lipinski definition) is 13. The maximum atomic E-state index is 14.2. The molecule has 0 aliphatic carbocycles. The first-order valence-electron chi connectivity index (χ1n) is 21.5. The maximum Gasteiger partial charge on any atom is 0.329 e. The van der Waals surface area contributed by atoms with E-state index in [9.17, 15) is 28.0 Å². The number of aromatic nitrogens is 6. The summed E-state index contributed by atoms with van der Waals surface area (Å²) in [6.45, 7) is 5.41. The number of nitrogens with one attached hydrogen (secondary N) is 2. The van der Waals surface area contributed by atoms with E-state index in [4.69, 9.17) is 18.9 Å². The molecule has 330 valence electrons. The quantitative estimate of drug-likeness (QED) is 0.154. The lowest BCUT2D eigenvalue weighted by Crippen LogP contribution is -2.44. The SMILES string of the molecule is Cn1c(=O)n(C2CCC(=O)NC2=O)c2cccc(C#CCOC3CCN(CC4CCN(c5nc(C(F)F)c(NC(=O)c6cnn7ccc(N8C[C@H]9C[C@@H]8CO9)nc67)o5)CC4)CC3)c21. The van der Waals surface area contributed by atoms with Gasteiger partial charge in [0, 0.05) is 58.9 Å². The van der Waals surface area contributed by atoms with E-state index in [1.54, 1.807) is 25.4 Å². The Hall–Kier alpha value is -6.17. The van der Waals surface area contributed by atoms with E-state index in [0.29, 0.717) is 60.2 Å². The largest absolute Gasteiger partial charge is 0.406 e. The third kappa shape index (κ3) is 7.93.